The molecular formula is C10H11Cl2NOS. The van der Waals surface area contributed by atoms with Crippen LogP contribution in [0.2, 0.25) is 5.02 Å². The molecule has 0 aliphatic carbocycles. The summed E-state index contributed by atoms with van der Waals surface area (Å²) in [6.07, 6.45) is 2.03. The maximum absolute atomic E-state index is 12.1. The molecule has 1 aliphatic heterocycles. The largest absolute Gasteiger partial charge is 0.334 e. The molecule has 0 spiro atoms. The maximum atomic E-state index is 12.1. The van der Waals surface area contributed by atoms with Crippen molar-refractivity contribution < 1.29 is 4.79 Å². The van der Waals surface area contributed by atoms with Gasteiger partial charge in [0.25, 0.3) is 5.91 Å². The van der Waals surface area contributed by atoms with Crippen LogP contribution in [0.15, 0.2) is 11.4 Å². The van der Waals surface area contributed by atoms with Crippen molar-refractivity contribution in [2.75, 3.05) is 12.4 Å². The summed E-state index contributed by atoms with van der Waals surface area (Å²) in [4.78, 5) is 14.6. The predicted molar refractivity (Wildman–Crippen MR) is 64.1 cm³/mol. The van der Waals surface area contributed by atoms with Crippen molar-refractivity contribution in [1.82, 2.24) is 4.90 Å². The van der Waals surface area contributed by atoms with Crippen LogP contribution in [0.5, 0.6) is 0 Å². The van der Waals surface area contributed by atoms with Crippen LogP contribution in [0.25, 0.3) is 0 Å². The topological polar surface area (TPSA) is 20.3 Å². The van der Waals surface area contributed by atoms with Gasteiger partial charge in [-0.05, 0) is 24.3 Å². The highest BCUT2D eigenvalue weighted by molar-refractivity contribution is 7.12. The van der Waals surface area contributed by atoms with E-state index in [1.54, 1.807) is 6.07 Å². The number of carbonyl (C=O) groups excluding carboxylic acids is 1. The summed E-state index contributed by atoms with van der Waals surface area (Å²) in [6.45, 7) is 0.796. The third kappa shape index (κ3) is 2.14. The Bertz CT molecular complexity index is 366. The number of thiophene rings is 1. The average Bonchev–Trinajstić information content (AvgIpc) is 2.84. The van der Waals surface area contributed by atoms with E-state index in [9.17, 15) is 4.79 Å². The number of alkyl halides is 1. The highest BCUT2D eigenvalue weighted by Gasteiger charge is 2.30. The number of carbonyl (C=O) groups is 1. The number of hydrogen-bond donors (Lipinski definition) is 0. The minimum atomic E-state index is 0.0261. The van der Waals surface area contributed by atoms with Crippen molar-refractivity contribution in [2.24, 2.45) is 0 Å². The second kappa shape index (κ2) is 4.73. The summed E-state index contributed by atoms with van der Waals surface area (Å²) in [7, 11) is 0. The van der Waals surface area contributed by atoms with E-state index in [4.69, 9.17) is 23.2 Å². The molecule has 1 atom stereocenters. The molecule has 1 aromatic heterocycles. The first-order chi connectivity index (χ1) is 7.24. The Hall–Kier alpha value is -0.250. The first-order valence-electron chi connectivity index (χ1n) is 4.84. The molecule has 2 rings (SSSR count). The summed E-state index contributed by atoms with van der Waals surface area (Å²) >= 11 is 13.1. The average molecular weight is 264 g/mol. The zero-order valence-corrected chi connectivity index (χ0v) is 10.4. The second-order valence-corrected chi connectivity index (χ2v) is 5.18. The molecule has 0 saturated carbocycles. The zero-order valence-electron chi connectivity index (χ0n) is 8.08. The summed E-state index contributed by atoms with van der Waals surface area (Å²) in [5, 5.41) is 2.38. The van der Waals surface area contributed by atoms with Gasteiger partial charge in [0.15, 0.2) is 0 Å². The van der Waals surface area contributed by atoms with Crippen LogP contribution in [-0.2, 0) is 0 Å². The van der Waals surface area contributed by atoms with Crippen molar-refractivity contribution in [1.29, 1.82) is 0 Å². The monoisotopic (exact) mass is 263 g/mol. The molecule has 2 nitrogen and oxygen atoms in total. The number of nitrogens with zero attached hydrogens (tertiary/aromatic N) is 1. The minimum absolute atomic E-state index is 0.0261. The fourth-order valence-corrected chi connectivity index (χ4v) is 3.25. The molecule has 1 amide bonds. The van der Waals surface area contributed by atoms with Crippen molar-refractivity contribution in [3.8, 4) is 0 Å². The highest BCUT2D eigenvalue weighted by Crippen LogP contribution is 2.27. The van der Waals surface area contributed by atoms with Gasteiger partial charge < -0.3 is 4.90 Å². The first-order valence-corrected chi connectivity index (χ1v) is 6.63. The molecule has 1 fully saturated rings. The van der Waals surface area contributed by atoms with Gasteiger partial charge in [-0.15, -0.1) is 22.9 Å². The molecule has 1 aliphatic rings. The lowest BCUT2D eigenvalue weighted by atomic mass is 10.2. The third-order valence-electron chi connectivity index (χ3n) is 2.63. The first kappa shape index (κ1) is 11.2. The molecular weight excluding hydrogens is 253 g/mol. The smallest absolute Gasteiger partial charge is 0.265 e. The van der Waals surface area contributed by atoms with E-state index >= 15 is 0 Å². The molecule has 15 heavy (non-hydrogen) atoms. The zero-order chi connectivity index (χ0) is 10.8. The standard InChI is InChI=1S/C10H11Cl2NOS/c11-6-7-2-1-4-13(7)10(14)9-8(12)3-5-15-9/h3,5,7H,1-2,4,6H2. The van der Waals surface area contributed by atoms with E-state index in [0.717, 1.165) is 19.4 Å². The van der Waals surface area contributed by atoms with Crippen LogP contribution < -0.4 is 0 Å². The van der Waals surface area contributed by atoms with Gasteiger partial charge in [-0.2, -0.15) is 0 Å². The van der Waals surface area contributed by atoms with Gasteiger partial charge in [-0.25, -0.2) is 0 Å². The maximum Gasteiger partial charge on any atom is 0.265 e. The van der Waals surface area contributed by atoms with Crippen LogP contribution in [-0.4, -0.2) is 29.3 Å². The Morgan fingerprint density at radius 3 is 3.07 bits per heavy atom. The molecule has 1 unspecified atom stereocenters. The Balaban J connectivity index is 2.18. The lowest BCUT2D eigenvalue weighted by molar-refractivity contribution is 0.0754. The quantitative estimate of drug-likeness (QED) is 0.751. The van der Waals surface area contributed by atoms with Crippen LogP contribution in [0.1, 0.15) is 22.5 Å². The lowest BCUT2D eigenvalue weighted by Crippen LogP contribution is -2.36. The van der Waals surface area contributed by atoms with Crippen LogP contribution in [0.4, 0.5) is 0 Å². The Labute approximate surface area is 103 Å². The van der Waals surface area contributed by atoms with Crippen LogP contribution in [0.3, 0.4) is 0 Å². The van der Waals surface area contributed by atoms with Gasteiger partial charge in [0.05, 0.1) is 5.02 Å². The molecule has 0 N–H and O–H groups in total. The van der Waals surface area contributed by atoms with Crippen molar-refractivity contribution in [3.63, 3.8) is 0 Å². The van der Waals surface area contributed by atoms with Gasteiger partial charge in [-0.3, -0.25) is 4.79 Å². The summed E-state index contributed by atoms with van der Waals surface area (Å²) in [6, 6.07) is 1.93. The van der Waals surface area contributed by atoms with Gasteiger partial charge in [-0.1, -0.05) is 11.6 Å². The lowest BCUT2D eigenvalue weighted by Gasteiger charge is -2.22. The molecule has 2 heterocycles. The normalized spacial score (nSPS) is 20.9. The summed E-state index contributed by atoms with van der Waals surface area (Å²) < 4.78 is 0. The summed E-state index contributed by atoms with van der Waals surface area (Å²) in [5.41, 5.74) is 0. The van der Waals surface area contributed by atoms with E-state index in [1.807, 2.05) is 10.3 Å². The van der Waals surface area contributed by atoms with E-state index in [0.29, 0.717) is 15.8 Å². The number of likely N-dealkylation sites (tertiary alicyclic amines) is 1. The van der Waals surface area contributed by atoms with Gasteiger partial charge in [0.2, 0.25) is 0 Å². The Kier molecular flexibility index (Phi) is 3.54. The Morgan fingerprint density at radius 2 is 2.47 bits per heavy atom. The molecule has 0 bridgehead atoms. The van der Waals surface area contributed by atoms with Crippen molar-refractivity contribution in [2.45, 2.75) is 18.9 Å². The number of hydrogen-bond acceptors (Lipinski definition) is 2. The predicted octanol–water partition coefficient (Wildman–Crippen LogP) is 3.24. The molecule has 1 saturated heterocycles. The van der Waals surface area contributed by atoms with E-state index in [-0.39, 0.29) is 11.9 Å². The SMILES string of the molecule is O=C(c1sccc1Cl)N1CCCC1CCl. The van der Waals surface area contributed by atoms with Gasteiger partial charge >= 0.3 is 0 Å². The minimum Gasteiger partial charge on any atom is -0.334 e. The van der Waals surface area contributed by atoms with E-state index in [2.05, 4.69) is 0 Å². The van der Waals surface area contributed by atoms with E-state index in [1.165, 1.54) is 11.3 Å². The molecule has 1 aromatic rings. The highest BCUT2D eigenvalue weighted by atomic mass is 35.5. The molecule has 82 valence electrons. The fraction of sp³-hybridized carbons (Fsp3) is 0.500. The van der Waals surface area contributed by atoms with Gasteiger partial charge in [0, 0.05) is 18.5 Å². The molecule has 5 heteroatoms. The summed E-state index contributed by atoms with van der Waals surface area (Å²) in [5.74, 6) is 0.535. The third-order valence-corrected chi connectivity index (χ3v) is 4.31. The molecule has 0 radical (unpaired) electrons. The van der Waals surface area contributed by atoms with Crippen LogP contribution >= 0.6 is 34.5 Å². The van der Waals surface area contributed by atoms with Gasteiger partial charge in [0.1, 0.15) is 4.88 Å². The number of halogens is 2. The van der Waals surface area contributed by atoms with Crippen LogP contribution in [0, 0.1) is 0 Å². The fourth-order valence-electron chi connectivity index (χ4n) is 1.84. The molecule has 0 aromatic carbocycles. The second-order valence-electron chi connectivity index (χ2n) is 3.55. The van der Waals surface area contributed by atoms with Crippen molar-refractivity contribution >= 4 is 40.4 Å². The number of amides is 1. The van der Waals surface area contributed by atoms with E-state index < -0.39 is 0 Å². The Morgan fingerprint density at radius 1 is 1.67 bits per heavy atom. The number of rotatable bonds is 2. The van der Waals surface area contributed by atoms with Crippen molar-refractivity contribution in [3.05, 3.63) is 21.3 Å².